The largest absolute Gasteiger partial charge is 0.481 e. The number of carboxylic acid groups (broad SMARTS) is 1. The minimum atomic E-state index is -0.798. The van der Waals surface area contributed by atoms with E-state index in [1.54, 1.807) is 0 Å². The Morgan fingerprint density at radius 2 is 2.00 bits per heavy atom. The van der Waals surface area contributed by atoms with Crippen molar-refractivity contribution < 1.29 is 9.90 Å². The van der Waals surface area contributed by atoms with Crippen LogP contribution in [0.2, 0.25) is 0 Å². The Labute approximate surface area is 106 Å². The molecule has 1 rings (SSSR count). The predicted octanol–water partition coefficient (Wildman–Crippen LogP) is 3.40. The Balaban J connectivity index is 2.85. The summed E-state index contributed by atoms with van der Waals surface area (Å²) >= 11 is 6.84. The van der Waals surface area contributed by atoms with E-state index in [1.165, 1.54) is 5.56 Å². The van der Waals surface area contributed by atoms with Crippen LogP contribution < -0.4 is 0 Å². The smallest absolute Gasteiger partial charge is 0.307 e. The molecule has 0 amide bonds. The number of benzene rings is 1. The second-order valence-electron chi connectivity index (χ2n) is 3.25. The maximum absolute atomic E-state index is 10.6. The lowest BCUT2D eigenvalue weighted by molar-refractivity contribution is -0.136. The Kier molecular flexibility index (Phi) is 5.32. The molecular weight excluding hydrogens is 324 g/mol. The highest BCUT2D eigenvalue weighted by atomic mass is 79.9. The van der Waals surface area contributed by atoms with E-state index in [9.17, 15) is 4.79 Å². The van der Waals surface area contributed by atoms with Crippen molar-refractivity contribution in [3.8, 4) is 0 Å². The van der Waals surface area contributed by atoms with Crippen LogP contribution in [0.25, 0.3) is 0 Å². The van der Waals surface area contributed by atoms with E-state index in [4.69, 9.17) is 5.11 Å². The van der Waals surface area contributed by atoms with Crippen LogP contribution in [0.4, 0.5) is 0 Å². The van der Waals surface area contributed by atoms with Gasteiger partial charge in [0.1, 0.15) is 0 Å². The van der Waals surface area contributed by atoms with Gasteiger partial charge in [-0.25, -0.2) is 0 Å². The van der Waals surface area contributed by atoms with E-state index in [-0.39, 0.29) is 6.42 Å². The van der Waals surface area contributed by atoms with Gasteiger partial charge in [-0.15, -0.1) is 0 Å². The first-order valence-electron chi connectivity index (χ1n) is 4.69. The molecule has 1 N–H and O–H groups in total. The molecule has 2 nitrogen and oxygen atoms in total. The van der Waals surface area contributed by atoms with Crippen LogP contribution >= 0.6 is 31.9 Å². The van der Waals surface area contributed by atoms with Gasteiger partial charge < -0.3 is 5.11 Å². The summed E-state index contributed by atoms with van der Waals surface area (Å²) in [5.74, 6) is -0.798. The van der Waals surface area contributed by atoms with Crippen molar-refractivity contribution in [2.45, 2.75) is 19.3 Å². The Morgan fingerprint density at radius 1 is 1.33 bits per heavy atom. The number of carboxylic acids is 1. The summed E-state index contributed by atoms with van der Waals surface area (Å²) in [4.78, 5) is 10.6. The molecule has 1 aromatic carbocycles. The third-order valence-electron chi connectivity index (χ3n) is 2.08. The molecule has 0 aromatic heterocycles. The van der Waals surface area contributed by atoms with E-state index in [1.807, 2.05) is 18.2 Å². The summed E-state index contributed by atoms with van der Waals surface area (Å²) in [5, 5.41) is 9.69. The topological polar surface area (TPSA) is 37.3 Å². The lowest BCUT2D eigenvalue weighted by Crippen LogP contribution is -2.02. The average molecular weight is 336 g/mol. The van der Waals surface area contributed by atoms with E-state index in [2.05, 4.69) is 31.9 Å². The zero-order valence-corrected chi connectivity index (χ0v) is 11.3. The summed E-state index contributed by atoms with van der Waals surface area (Å²) in [6.07, 6.45) is 2.08. The first-order valence-corrected chi connectivity index (χ1v) is 6.60. The van der Waals surface area contributed by atoms with Crippen molar-refractivity contribution in [2.24, 2.45) is 0 Å². The Hall–Kier alpha value is -0.350. The zero-order chi connectivity index (χ0) is 11.3. The van der Waals surface area contributed by atoms with Gasteiger partial charge in [0.25, 0.3) is 0 Å². The van der Waals surface area contributed by atoms with Gasteiger partial charge in [0.15, 0.2) is 0 Å². The molecule has 0 aliphatic carbocycles. The fourth-order valence-electron chi connectivity index (χ4n) is 1.38. The van der Waals surface area contributed by atoms with Crippen molar-refractivity contribution in [2.75, 3.05) is 5.33 Å². The molecule has 0 radical (unpaired) electrons. The lowest BCUT2D eigenvalue weighted by atomic mass is 10.1. The average Bonchev–Trinajstić information content (AvgIpc) is 2.19. The fraction of sp³-hybridized carbons (Fsp3) is 0.364. The van der Waals surface area contributed by atoms with Gasteiger partial charge in [-0.2, -0.15) is 0 Å². The minimum absolute atomic E-state index is 0.0722. The van der Waals surface area contributed by atoms with Crippen LogP contribution in [0.15, 0.2) is 22.7 Å². The molecule has 1 aromatic rings. The molecule has 0 unspecified atom stereocenters. The van der Waals surface area contributed by atoms with Gasteiger partial charge in [0.2, 0.25) is 0 Å². The van der Waals surface area contributed by atoms with Gasteiger partial charge in [0.05, 0.1) is 6.42 Å². The van der Waals surface area contributed by atoms with Gasteiger partial charge >= 0.3 is 5.97 Å². The molecule has 0 spiro atoms. The van der Waals surface area contributed by atoms with Gasteiger partial charge in [-0.3, -0.25) is 4.79 Å². The first kappa shape index (κ1) is 12.7. The number of carbonyl (C=O) groups is 1. The highest BCUT2D eigenvalue weighted by Gasteiger charge is 2.08. The zero-order valence-electron chi connectivity index (χ0n) is 8.17. The lowest BCUT2D eigenvalue weighted by Gasteiger charge is -2.07. The van der Waals surface area contributed by atoms with Crippen LogP contribution in [0.5, 0.6) is 0 Å². The van der Waals surface area contributed by atoms with Crippen LogP contribution in [0.1, 0.15) is 17.5 Å². The van der Waals surface area contributed by atoms with Crippen LogP contribution in [0, 0.1) is 0 Å². The van der Waals surface area contributed by atoms with Crippen LogP contribution in [-0.2, 0) is 17.6 Å². The number of alkyl halides is 1. The second kappa shape index (κ2) is 6.28. The molecule has 0 heterocycles. The van der Waals surface area contributed by atoms with E-state index >= 15 is 0 Å². The number of halogens is 2. The molecule has 0 aliphatic heterocycles. The predicted molar refractivity (Wildman–Crippen MR) is 67.6 cm³/mol. The Bertz CT molecular complexity index is 350. The SMILES string of the molecule is O=C(O)Cc1cccc(CCCBr)c1Br. The van der Waals surface area contributed by atoms with Gasteiger partial charge in [0, 0.05) is 9.80 Å². The van der Waals surface area contributed by atoms with Gasteiger partial charge in [-0.05, 0) is 24.0 Å². The van der Waals surface area contributed by atoms with E-state index < -0.39 is 5.97 Å². The van der Waals surface area contributed by atoms with E-state index in [0.717, 1.165) is 28.2 Å². The highest BCUT2D eigenvalue weighted by molar-refractivity contribution is 9.10. The minimum Gasteiger partial charge on any atom is -0.481 e. The normalized spacial score (nSPS) is 10.3. The van der Waals surface area contributed by atoms with Gasteiger partial charge in [-0.1, -0.05) is 50.1 Å². The summed E-state index contributed by atoms with van der Waals surface area (Å²) in [7, 11) is 0. The molecule has 4 heteroatoms. The molecule has 0 fully saturated rings. The number of aliphatic carboxylic acids is 1. The van der Waals surface area contributed by atoms with Crippen molar-refractivity contribution in [3.05, 3.63) is 33.8 Å². The number of hydrogen-bond acceptors (Lipinski definition) is 1. The third-order valence-corrected chi connectivity index (χ3v) is 3.66. The maximum Gasteiger partial charge on any atom is 0.307 e. The molecule has 82 valence electrons. The molecule has 0 aliphatic rings. The summed E-state index contributed by atoms with van der Waals surface area (Å²) in [5.41, 5.74) is 2.02. The quantitative estimate of drug-likeness (QED) is 0.837. The third kappa shape index (κ3) is 3.95. The number of hydrogen-bond donors (Lipinski definition) is 1. The number of rotatable bonds is 5. The van der Waals surface area contributed by atoms with Crippen molar-refractivity contribution in [1.82, 2.24) is 0 Å². The molecule has 0 saturated heterocycles. The first-order chi connectivity index (χ1) is 7.15. The molecule has 0 atom stereocenters. The summed E-state index contributed by atoms with van der Waals surface area (Å²) < 4.78 is 0.938. The second-order valence-corrected chi connectivity index (χ2v) is 4.84. The fourth-order valence-corrected chi connectivity index (χ4v) is 2.27. The van der Waals surface area contributed by atoms with Crippen LogP contribution in [-0.4, -0.2) is 16.4 Å². The monoisotopic (exact) mass is 334 g/mol. The molecule has 0 bridgehead atoms. The van der Waals surface area contributed by atoms with Crippen molar-refractivity contribution >= 4 is 37.8 Å². The number of aryl methyl sites for hydroxylation is 1. The summed E-state index contributed by atoms with van der Waals surface area (Å²) in [6.45, 7) is 0. The van der Waals surface area contributed by atoms with Crippen molar-refractivity contribution in [3.63, 3.8) is 0 Å². The molecule has 0 saturated carbocycles. The standard InChI is InChI=1S/C11H12Br2O2/c12-6-2-5-8-3-1-4-9(11(8)13)7-10(14)15/h1,3-4H,2,5-7H2,(H,14,15). The van der Waals surface area contributed by atoms with Crippen LogP contribution in [0.3, 0.4) is 0 Å². The highest BCUT2D eigenvalue weighted by Crippen LogP contribution is 2.23. The van der Waals surface area contributed by atoms with Crippen molar-refractivity contribution in [1.29, 1.82) is 0 Å². The molecule has 15 heavy (non-hydrogen) atoms. The summed E-state index contributed by atoms with van der Waals surface area (Å²) in [6, 6.07) is 5.78. The Morgan fingerprint density at radius 3 is 2.60 bits per heavy atom. The maximum atomic E-state index is 10.6. The molecular formula is C11H12Br2O2. The van der Waals surface area contributed by atoms with E-state index in [0.29, 0.717) is 0 Å².